The van der Waals surface area contributed by atoms with E-state index in [1.807, 2.05) is 0 Å². The van der Waals surface area contributed by atoms with Gasteiger partial charge in [-0.3, -0.25) is 0 Å². The largest absolute Gasteiger partial charge is 0.356 e. The number of hydrogen-bond donors (Lipinski definition) is 1. The lowest BCUT2D eigenvalue weighted by Crippen LogP contribution is -2.43. The summed E-state index contributed by atoms with van der Waals surface area (Å²) in [6.45, 7) is 9.48. The van der Waals surface area contributed by atoms with Crippen molar-refractivity contribution in [1.29, 1.82) is 0 Å². The zero-order valence-electron chi connectivity index (χ0n) is 12.4. The van der Waals surface area contributed by atoms with Crippen LogP contribution >= 0.6 is 11.3 Å². The Labute approximate surface area is 124 Å². The summed E-state index contributed by atoms with van der Waals surface area (Å²) < 4.78 is 0. The number of nitrogens with zero attached hydrogens (tertiary/aromatic N) is 3. The highest BCUT2D eigenvalue weighted by molar-refractivity contribution is 7.18. The van der Waals surface area contributed by atoms with E-state index in [2.05, 4.69) is 35.6 Å². The van der Waals surface area contributed by atoms with Crippen LogP contribution in [0.1, 0.15) is 23.8 Å². The van der Waals surface area contributed by atoms with Crippen molar-refractivity contribution in [1.82, 2.24) is 9.97 Å². The third-order valence-electron chi connectivity index (χ3n) is 4.66. The van der Waals surface area contributed by atoms with Crippen molar-refractivity contribution in [2.24, 2.45) is 17.6 Å². The molecule has 0 bridgehead atoms. The second-order valence-electron chi connectivity index (χ2n) is 5.87. The summed E-state index contributed by atoms with van der Waals surface area (Å²) in [5.74, 6) is 2.37. The zero-order chi connectivity index (χ0) is 14.3. The molecule has 5 heteroatoms. The van der Waals surface area contributed by atoms with Crippen molar-refractivity contribution in [3.8, 4) is 0 Å². The van der Waals surface area contributed by atoms with Gasteiger partial charge >= 0.3 is 0 Å². The second-order valence-corrected chi connectivity index (χ2v) is 7.07. The molecule has 1 aliphatic rings. The number of fused-ring (bicyclic) bond motifs is 1. The highest BCUT2D eigenvalue weighted by Crippen LogP contribution is 2.36. The first-order valence-corrected chi connectivity index (χ1v) is 8.09. The quantitative estimate of drug-likeness (QED) is 0.924. The fraction of sp³-hybridized carbons (Fsp3) is 0.600. The molecule has 0 amide bonds. The van der Waals surface area contributed by atoms with Crippen LogP contribution < -0.4 is 10.6 Å². The van der Waals surface area contributed by atoms with E-state index in [9.17, 15) is 0 Å². The third-order valence-corrected chi connectivity index (χ3v) is 5.78. The minimum Gasteiger partial charge on any atom is -0.356 e. The highest BCUT2D eigenvalue weighted by Gasteiger charge is 2.27. The van der Waals surface area contributed by atoms with Crippen molar-refractivity contribution in [2.75, 3.05) is 24.5 Å². The maximum atomic E-state index is 5.92. The van der Waals surface area contributed by atoms with Crippen LogP contribution in [0.3, 0.4) is 0 Å². The van der Waals surface area contributed by atoms with E-state index < -0.39 is 0 Å². The standard InChI is InChI=1S/C15H22N4S/c1-9-4-5-19(7-12(9)6-16)14-13-10(2)11(3)20-15(13)18-8-17-14/h8-9,12H,4-7,16H2,1-3H3. The monoisotopic (exact) mass is 290 g/mol. The molecule has 3 heterocycles. The first kappa shape index (κ1) is 13.8. The van der Waals surface area contributed by atoms with Gasteiger partial charge in [0, 0.05) is 18.0 Å². The van der Waals surface area contributed by atoms with Crippen LogP contribution in [0.2, 0.25) is 0 Å². The molecule has 108 valence electrons. The first-order chi connectivity index (χ1) is 9.61. The van der Waals surface area contributed by atoms with E-state index in [0.717, 1.165) is 30.3 Å². The number of aromatic nitrogens is 2. The van der Waals surface area contributed by atoms with Crippen LogP contribution in [-0.2, 0) is 0 Å². The average Bonchev–Trinajstić information content (AvgIpc) is 2.75. The average molecular weight is 290 g/mol. The third kappa shape index (κ3) is 2.19. The molecule has 4 nitrogen and oxygen atoms in total. The van der Waals surface area contributed by atoms with Crippen molar-refractivity contribution >= 4 is 27.4 Å². The minimum absolute atomic E-state index is 0.564. The van der Waals surface area contributed by atoms with Crippen molar-refractivity contribution < 1.29 is 0 Å². The number of nitrogens with two attached hydrogens (primary N) is 1. The summed E-state index contributed by atoms with van der Waals surface area (Å²) in [5.41, 5.74) is 7.25. The van der Waals surface area contributed by atoms with Gasteiger partial charge < -0.3 is 10.6 Å². The Bertz CT molecular complexity index is 622. The second kappa shape index (κ2) is 5.30. The highest BCUT2D eigenvalue weighted by atomic mass is 32.1. The fourth-order valence-corrected chi connectivity index (χ4v) is 4.04. The van der Waals surface area contributed by atoms with Crippen molar-refractivity contribution in [2.45, 2.75) is 27.2 Å². The number of aryl methyl sites for hydroxylation is 2. The number of rotatable bonds is 2. The van der Waals surface area contributed by atoms with E-state index in [-0.39, 0.29) is 0 Å². The molecule has 0 aromatic carbocycles. The number of thiophene rings is 1. The van der Waals surface area contributed by atoms with Crippen molar-refractivity contribution in [3.63, 3.8) is 0 Å². The molecule has 3 rings (SSSR count). The maximum absolute atomic E-state index is 5.92. The van der Waals surface area contributed by atoms with Gasteiger partial charge in [0.25, 0.3) is 0 Å². The molecular weight excluding hydrogens is 268 g/mol. The molecule has 0 radical (unpaired) electrons. The number of hydrogen-bond acceptors (Lipinski definition) is 5. The lowest BCUT2D eigenvalue weighted by atomic mass is 9.87. The number of piperidine rings is 1. The van der Waals surface area contributed by atoms with Crippen LogP contribution in [0.25, 0.3) is 10.2 Å². The van der Waals surface area contributed by atoms with E-state index >= 15 is 0 Å². The molecule has 1 saturated heterocycles. The zero-order valence-corrected chi connectivity index (χ0v) is 13.2. The van der Waals surface area contributed by atoms with Crippen LogP contribution in [0.4, 0.5) is 5.82 Å². The van der Waals surface area contributed by atoms with Gasteiger partial charge in [0.2, 0.25) is 0 Å². The molecule has 0 saturated carbocycles. The van der Waals surface area contributed by atoms with Gasteiger partial charge in [0.15, 0.2) is 0 Å². The Morgan fingerprint density at radius 2 is 2.20 bits per heavy atom. The van der Waals surface area contributed by atoms with Crippen LogP contribution in [0.5, 0.6) is 0 Å². The van der Waals surface area contributed by atoms with E-state index in [4.69, 9.17) is 5.73 Å². The smallest absolute Gasteiger partial charge is 0.141 e. The van der Waals surface area contributed by atoms with Gasteiger partial charge in [-0.15, -0.1) is 11.3 Å². The van der Waals surface area contributed by atoms with Crippen LogP contribution in [0.15, 0.2) is 6.33 Å². The Morgan fingerprint density at radius 1 is 1.40 bits per heavy atom. The molecule has 20 heavy (non-hydrogen) atoms. The summed E-state index contributed by atoms with van der Waals surface area (Å²) in [4.78, 5) is 13.9. The summed E-state index contributed by atoms with van der Waals surface area (Å²) in [5, 5.41) is 1.24. The molecule has 0 aliphatic carbocycles. The van der Waals surface area contributed by atoms with E-state index in [1.54, 1.807) is 17.7 Å². The molecule has 2 unspecified atom stereocenters. The van der Waals surface area contributed by atoms with Crippen LogP contribution in [0, 0.1) is 25.7 Å². The van der Waals surface area contributed by atoms with Gasteiger partial charge in [-0.2, -0.15) is 0 Å². The Hall–Kier alpha value is -1.20. The molecule has 0 spiro atoms. The van der Waals surface area contributed by atoms with Crippen LogP contribution in [-0.4, -0.2) is 29.6 Å². The van der Waals surface area contributed by atoms with Gasteiger partial charge in [-0.05, 0) is 44.2 Å². The van der Waals surface area contributed by atoms with E-state index in [0.29, 0.717) is 11.8 Å². The van der Waals surface area contributed by atoms with Crippen molar-refractivity contribution in [3.05, 3.63) is 16.8 Å². The molecule has 1 fully saturated rings. The fourth-order valence-electron chi connectivity index (χ4n) is 3.05. The van der Waals surface area contributed by atoms with Gasteiger partial charge in [0.1, 0.15) is 17.0 Å². The first-order valence-electron chi connectivity index (χ1n) is 7.27. The topological polar surface area (TPSA) is 55.0 Å². The van der Waals surface area contributed by atoms with E-state index in [1.165, 1.54) is 22.2 Å². The number of anilines is 1. The summed E-state index contributed by atoms with van der Waals surface area (Å²) >= 11 is 1.76. The minimum atomic E-state index is 0.564. The Balaban J connectivity index is 2.02. The SMILES string of the molecule is Cc1sc2ncnc(N3CCC(C)C(CN)C3)c2c1C. The molecule has 2 atom stereocenters. The summed E-state index contributed by atoms with van der Waals surface area (Å²) in [7, 11) is 0. The predicted molar refractivity (Wildman–Crippen MR) is 85.4 cm³/mol. The van der Waals surface area contributed by atoms with Gasteiger partial charge in [0.05, 0.1) is 5.39 Å². The lowest BCUT2D eigenvalue weighted by Gasteiger charge is -2.37. The van der Waals surface area contributed by atoms with Gasteiger partial charge in [-0.1, -0.05) is 6.92 Å². The maximum Gasteiger partial charge on any atom is 0.141 e. The Kier molecular flexibility index (Phi) is 3.65. The molecule has 2 aromatic heterocycles. The van der Waals surface area contributed by atoms with Gasteiger partial charge in [-0.25, -0.2) is 9.97 Å². The normalized spacial score (nSPS) is 23.5. The summed E-state index contributed by atoms with van der Waals surface area (Å²) in [6, 6.07) is 0. The molecular formula is C15H22N4S. The molecule has 1 aliphatic heterocycles. The molecule has 2 aromatic rings. The molecule has 2 N–H and O–H groups in total. The Morgan fingerprint density at radius 3 is 2.95 bits per heavy atom. The predicted octanol–water partition coefficient (Wildman–Crippen LogP) is 2.73. The summed E-state index contributed by atoms with van der Waals surface area (Å²) in [6.07, 6.45) is 2.89. The lowest BCUT2D eigenvalue weighted by molar-refractivity contribution is 0.307.